The van der Waals surface area contributed by atoms with Crippen LogP contribution in [0, 0.1) is 17.7 Å². The Labute approximate surface area is 125 Å². The highest BCUT2D eigenvalue weighted by molar-refractivity contribution is 5.77. The zero-order valence-electron chi connectivity index (χ0n) is 12.4. The fraction of sp³-hybridized carbons (Fsp3) is 0.438. The molecular weight excluding hydrogens is 271 g/mol. The summed E-state index contributed by atoms with van der Waals surface area (Å²) in [5.74, 6) is 4.58. The fourth-order valence-corrected chi connectivity index (χ4v) is 1.90. The molecule has 0 fully saturated rings. The van der Waals surface area contributed by atoms with Crippen molar-refractivity contribution >= 4 is 5.91 Å². The molecule has 0 aliphatic carbocycles. The molecule has 21 heavy (non-hydrogen) atoms. The summed E-state index contributed by atoms with van der Waals surface area (Å²) in [6.07, 6.45) is 0. The Morgan fingerprint density at radius 1 is 1.43 bits per heavy atom. The number of nitrogens with zero attached hydrogens (tertiary/aromatic N) is 1. The molecule has 5 heteroatoms. The lowest BCUT2D eigenvalue weighted by molar-refractivity contribution is -0.122. The van der Waals surface area contributed by atoms with Crippen molar-refractivity contribution in [1.29, 1.82) is 0 Å². The number of carbonyl (C=O) groups excluding carboxylic acids is 1. The Bertz CT molecular complexity index is 535. The molecule has 0 radical (unpaired) electrons. The van der Waals surface area contributed by atoms with Crippen LogP contribution in [-0.4, -0.2) is 42.2 Å². The Morgan fingerprint density at radius 3 is 2.81 bits per heavy atom. The van der Waals surface area contributed by atoms with Crippen LogP contribution >= 0.6 is 0 Å². The first-order valence-corrected chi connectivity index (χ1v) is 6.97. The highest BCUT2D eigenvalue weighted by Gasteiger charge is 2.10. The van der Waals surface area contributed by atoms with Crippen molar-refractivity contribution in [3.8, 4) is 11.8 Å². The number of aliphatic hydroxyl groups is 1. The van der Waals surface area contributed by atoms with E-state index in [1.165, 1.54) is 6.07 Å². The number of benzene rings is 1. The van der Waals surface area contributed by atoms with E-state index >= 15 is 0 Å². The van der Waals surface area contributed by atoms with Gasteiger partial charge in [-0.1, -0.05) is 24.8 Å². The van der Waals surface area contributed by atoms with E-state index in [1.807, 2.05) is 18.7 Å². The van der Waals surface area contributed by atoms with Crippen LogP contribution in [0.25, 0.3) is 0 Å². The summed E-state index contributed by atoms with van der Waals surface area (Å²) in [5, 5.41) is 11.4. The average Bonchev–Trinajstić information content (AvgIpc) is 2.47. The largest absolute Gasteiger partial charge is 0.384 e. The minimum absolute atomic E-state index is 0.0262. The molecule has 114 valence electrons. The molecule has 1 aromatic carbocycles. The number of hydrogen-bond donors (Lipinski definition) is 2. The predicted molar refractivity (Wildman–Crippen MR) is 80.0 cm³/mol. The lowest BCUT2D eigenvalue weighted by Gasteiger charge is -2.20. The lowest BCUT2D eigenvalue weighted by Crippen LogP contribution is -2.36. The number of rotatable bonds is 6. The van der Waals surface area contributed by atoms with Crippen LogP contribution in [0.4, 0.5) is 4.39 Å². The molecule has 0 aliphatic rings. The number of likely N-dealkylation sites (N-methyl/N-ethyl adjacent to an activating group) is 2. The summed E-state index contributed by atoms with van der Waals surface area (Å²) in [6.45, 7) is 5.71. The van der Waals surface area contributed by atoms with Gasteiger partial charge in [0.2, 0.25) is 5.91 Å². The molecule has 1 amide bonds. The molecule has 0 spiro atoms. The Hall–Kier alpha value is -1.90. The SMILES string of the molecule is CCNC(=O)CN(CC)Cc1ccc(F)c(C#CCO)c1. The third kappa shape index (κ3) is 5.94. The van der Waals surface area contributed by atoms with E-state index in [4.69, 9.17) is 5.11 Å². The van der Waals surface area contributed by atoms with Crippen molar-refractivity contribution in [2.24, 2.45) is 0 Å². The monoisotopic (exact) mass is 292 g/mol. The Morgan fingerprint density at radius 2 is 2.19 bits per heavy atom. The third-order valence-electron chi connectivity index (χ3n) is 2.93. The zero-order valence-corrected chi connectivity index (χ0v) is 12.4. The maximum atomic E-state index is 13.6. The van der Waals surface area contributed by atoms with Crippen LogP contribution in [0.3, 0.4) is 0 Å². The zero-order chi connectivity index (χ0) is 15.7. The summed E-state index contributed by atoms with van der Waals surface area (Å²) >= 11 is 0. The maximum absolute atomic E-state index is 13.6. The molecule has 0 saturated carbocycles. The number of aliphatic hydroxyl groups excluding tert-OH is 1. The molecule has 0 aliphatic heterocycles. The standard InChI is InChI=1S/C16H21FN2O2/c1-3-18-16(21)12-19(4-2)11-13-7-8-15(17)14(10-13)6-5-9-20/h7-8,10,20H,3-4,9,11-12H2,1-2H3,(H,18,21). The van der Waals surface area contributed by atoms with Gasteiger partial charge in [-0.25, -0.2) is 4.39 Å². The van der Waals surface area contributed by atoms with E-state index in [1.54, 1.807) is 12.1 Å². The van der Waals surface area contributed by atoms with Gasteiger partial charge in [-0.05, 0) is 31.2 Å². The van der Waals surface area contributed by atoms with Gasteiger partial charge in [-0.15, -0.1) is 0 Å². The second-order valence-corrected chi connectivity index (χ2v) is 4.53. The van der Waals surface area contributed by atoms with Crippen LogP contribution < -0.4 is 5.32 Å². The van der Waals surface area contributed by atoms with E-state index in [9.17, 15) is 9.18 Å². The average molecular weight is 292 g/mol. The van der Waals surface area contributed by atoms with Crippen molar-refractivity contribution in [2.45, 2.75) is 20.4 Å². The number of nitrogens with one attached hydrogen (secondary N) is 1. The van der Waals surface area contributed by atoms with Gasteiger partial charge >= 0.3 is 0 Å². The molecule has 1 aromatic rings. The molecule has 0 atom stereocenters. The second-order valence-electron chi connectivity index (χ2n) is 4.53. The molecule has 0 aromatic heterocycles. The number of amides is 1. The van der Waals surface area contributed by atoms with Gasteiger partial charge in [0.25, 0.3) is 0 Å². The minimum Gasteiger partial charge on any atom is -0.384 e. The predicted octanol–water partition coefficient (Wildman–Crippen LogP) is 1.13. The van der Waals surface area contributed by atoms with Gasteiger partial charge in [-0.2, -0.15) is 0 Å². The molecule has 4 nitrogen and oxygen atoms in total. The van der Waals surface area contributed by atoms with E-state index in [2.05, 4.69) is 17.2 Å². The van der Waals surface area contributed by atoms with Crippen molar-refractivity contribution < 1.29 is 14.3 Å². The highest BCUT2D eigenvalue weighted by Crippen LogP contribution is 2.11. The second kappa shape index (κ2) is 9.11. The van der Waals surface area contributed by atoms with Gasteiger partial charge in [0.1, 0.15) is 12.4 Å². The van der Waals surface area contributed by atoms with E-state index in [-0.39, 0.29) is 18.1 Å². The molecule has 2 N–H and O–H groups in total. The van der Waals surface area contributed by atoms with Gasteiger partial charge in [0.15, 0.2) is 0 Å². The normalized spacial score (nSPS) is 10.1. The molecule has 0 heterocycles. The lowest BCUT2D eigenvalue weighted by atomic mass is 10.1. The summed E-state index contributed by atoms with van der Waals surface area (Å²) in [5.41, 5.74) is 1.14. The number of carbonyl (C=O) groups is 1. The smallest absolute Gasteiger partial charge is 0.234 e. The van der Waals surface area contributed by atoms with Crippen molar-refractivity contribution in [2.75, 3.05) is 26.2 Å². The first-order chi connectivity index (χ1) is 10.1. The van der Waals surface area contributed by atoms with Gasteiger partial charge in [0.05, 0.1) is 12.1 Å². The molecule has 0 bridgehead atoms. The van der Waals surface area contributed by atoms with E-state index in [0.717, 1.165) is 5.56 Å². The summed E-state index contributed by atoms with van der Waals surface area (Å²) < 4.78 is 13.6. The van der Waals surface area contributed by atoms with Gasteiger partial charge < -0.3 is 10.4 Å². The summed E-state index contributed by atoms with van der Waals surface area (Å²) in [7, 11) is 0. The van der Waals surface area contributed by atoms with Gasteiger partial charge in [-0.3, -0.25) is 9.69 Å². The fourth-order valence-electron chi connectivity index (χ4n) is 1.90. The van der Waals surface area contributed by atoms with Crippen molar-refractivity contribution in [3.63, 3.8) is 0 Å². The van der Waals surface area contributed by atoms with E-state index < -0.39 is 5.82 Å². The Balaban J connectivity index is 2.78. The highest BCUT2D eigenvalue weighted by atomic mass is 19.1. The van der Waals surface area contributed by atoms with E-state index in [0.29, 0.717) is 26.2 Å². The van der Waals surface area contributed by atoms with Crippen LogP contribution in [-0.2, 0) is 11.3 Å². The molecule has 1 rings (SSSR count). The molecule has 0 unspecified atom stereocenters. The van der Waals surface area contributed by atoms with Crippen LogP contribution in [0.2, 0.25) is 0 Å². The first kappa shape index (κ1) is 17.2. The molecule has 0 saturated heterocycles. The van der Waals surface area contributed by atoms with Crippen LogP contribution in [0.5, 0.6) is 0 Å². The quantitative estimate of drug-likeness (QED) is 0.773. The van der Waals surface area contributed by atoms with Crippen molar-refractivity contribution in [3.05, 3.63) is 35.1 Å². The first-order valence-electron chi connectivity index (χ1n) is 6.97. The van der Waals surface area contributed by atoms with Gasteiger partial charge in [0, 0.05) is 13.1 Å². The minimum atomic E-state index is -0.411. The number of hydrogen-bond acceptors (Lipinski definition) is 3. The maximum Gasteiger partial charge on any atom is 0.234 e. The van der Waals surface area contributed by atoms with Crippen LogP contribution in [0.1, 0.15) is 25.0 Å². The summed E-state index contributed by atoms with van der Waals surface area (Å²) in [6, 6.07) is 4.69. The third-order valence-corrected chi connectivity index (χ3v) is 2.93. The van der Waals surface area contributed by atoms with Crippen LogP contribution in [0.15, 0.2) is 18.2 Å². The Kier molecular flexibility index (Phi) is 7.44. The summed E-state index contributed by atoms with van der Waals surface area (Å²) in [4.78, 5) is 13.6. The molecular formula is C16H21FN2O2. The van der Waals surface area contributed by atoms with Crippen molar-refractivity contribution in [1.82, 2.24) is 10.2 Å². The topological polar surface area (TPSA) is 52.6 Å². The number of halogens is 1.